The molecule has 108 valence electrons. The van der Waals surface area contributed by atoms with Gasteiger partial charge in [-0.05, 0) is 30.7 Å². The first-order chi connectivity index (χ1) is 9.32. The number of nitrogens with zero attached hydrogens (tertiary/aromatic N) is 2. The van der Waals surface area contributed by atoms with Crippen molar-refractivity contribution in [2.45, 2.75) is 23.8 Å². The lowest BCUT2D eigenvalue weighted by Gasteiger charge is -2.30. The number of likely N-dealkylation sites (N-methyl/N-ethyl adjacent to an activating group) is 1. The summed E-state index contributed by atoms with van der Waals surface area (Å²) in [7, 11) is -2.62. The number of hydrogen-bond donors (Lipinski definition) is 0. The van der Waals surface area contributed by atoms with Crippen molar-refractivity contribution in [1.82, 2.24) is 4.31 Å². The SMILES string of the molecule is Cc1cc(F)cc(S(=O)(=O)N(C)[C@]2(C#N)CCOC2)c1. The normalized spacial score (nSPS) is 22.9. The maximum atomic E-state index is 13.4. The third-order valence-corrected chi connectivity index (χ3v) is 5.39. The molecule has 0 amide bonds. The van der Waals surface area contributed by atoms with E-state index in [2.05, 4.69) is 0 Å². The van der Waals surface area contributed by atoms with Crippen molar-refractivity contribution in [3.8, 4) is 6.07 Å². The molecule has 1 heterocycles. The van der Waals surface area contributed by atoms with E-state index in [1.54, 1.807) is 6.92 Å². The molecule has 0 radical (unpaired) electrons. The Bertz CT molecular complexity index is 640. The molecule has 2 rings (SSSR count). The predicted molar refractivity (Wildman–Crippen MR) is 69.9 cm³/mol. The van der Waals surface area contributed by atoms with Crippen LogP contribution < -0.4 is 0 Å². The Balaban J connectivity index is 2.47. The van der Waals surface area contributed by atoms with Crippen molar-refractivity contribution >= 4 is 10.0 Å². The highest BCUT2D eigenvalue weighted by Crippen LogP contribution is 2.30. The molecule has 0 unspecified atom stereocenters. The van der Waals surface area contributed by atoms with Crippen LogP contribution in [0.4, 0.5) is 4.39 Å². The monoisotopic (exact) mass is 298 g/mol. The fraction of sp³-hybridized carbons (Fsp3) is 0.462. The molecule has 1 aliphatic rings. The highest BCUT2D eigenvalue weighted by Gasteiger charge is 2.45. The summed E-state index contributed by atoms with van der Waals surface area (Å²) in [6, 6.07) is 5.60. The number of sulfonamides is 1. The zero-order valence-electron chi connectivity index (χ0n) is 11.3. The van der Waals surface area contributed by atoms with E-state index in [9.17, 15) is 18.1 Å². The first-order valence-corrected chi connectivity index (χ1v) is 7.51. The van der Waals surface area contributed by atoms with Gasteiger partial charge in [-0.2, -0.15) is 9.57 Å². The molecule has 1 aliphatic heterocycles. The molecular weight excluding hydrogens is 283 g/mol. The molecule has 1 aromatic carbocycles. The van der Waals surface area contributed by atoms with E-state index >= 15 is 0 Å². The molecular formula is C13H15FN2O3S. The van der Waals surface area contributed by atoms with Crippen molar-refractivity contribution in [2.24, 2.45) is 0 Å². The summed E-state index contributed by atoms with van der Waals surface area (Å²) in [6.07, 6.45) is 0.299. The van der Waals surface area contributed by atoms with Crippen LogP contribution in [-0.4, -0.2) is 38.5 Å². The van der Waals surface area contributed by atoms with E-state index in [4.69, 9.17) is 4.74 Å². The second kappa shape index (κ2) is 5.13. The largest absolute Gasteiger partial charge is 0.378 e. The number of nitriles is 1. The van der Waals surface area contributed by atoms with Crippen LogP contribution in [0.15, 0.2) is 23.1 Å². The van der Waals surface area contributed by atoms with E-state index in [-0.39, 0.29) is 11.5 Å². The molecule has 5 nitrogen and oxygen atoms in total. The van der Waals surface area contributed by atoms with Gasteiger partial charge in [0.25, 0.3) is 0 Å². The minimum atomic E-state index is -3.95. The Morgan fingerprint density at radius 1 is 1.45 bits per heavy atom. The van der Waals surface area contributed by atoms with Crippen LogP contribution in [0, 0.1) is 24.1 Å². The van der Waals surface area contributed by atoms with Gasteiger partial charge in [-0.25, -0.2) is 12.8 Å². The fourth-order valence-corrected chi connectivity index (χ4v) is 3.76. The van der Waals surface area contributed by atoms with Crippen molar-refractivity contribution in [2.75, 3.05) is 20.3 Å². The van der Waals surface area contributed by atoms with Crippen molar-refractivity contribution in [3.05, 3.63) is 29.6 Å². The molecule has 0 aliphatic carbocycles. The van der Waals surface area contributed by atoms with Gasteiger partial charge < -0.3 is 4.74 Å². The molecule has 0 aromatic heterocycles. The van der Waals surface area contributed by atoms with E-state index in [0.717, 1.165) is 10.4 Å². The third-order valence-electron chi connectivity index (χ3n) is 3.49. The zero-order chi connectivity index (χ0) is 15.0. The number of aryl methyl sites for hydroxylation is 1. The molecule has 7 heteroatoms. The minimum Gasteiger partial charge on any atom is -0.378 e. The first kappa shape index (κ1) is 14.9. The Hall–Kier alpha value is -1.49. The zero-order valence-corrected chi connectivity index (χ0v) is 12.1. The Kier molecular flexibility index (Phi) is 3.82. The average molecular weight is 298 g/mol. The molecule has 0 bridgehead atoms. The van der Waals surface area contributed by atoms with Gasteiger partial charge in [-0.15, -0.1) is 0 Å². The summed E-state index contributed by atoms with van der Waals surface area (Å²) in [5.41, 5.74) is -0.718. The fourth-order valence-electron chi connectivity index (χ4n) is 2.20. The Morgan fingerprint density at radius 2 is 2.15 bits per heavy atom. The molecule has 1 saturated heterocycles. The predicted octanol–water partition coefficient (Wildman–Crippen LogP) is 1.44. The molecule has 20 heavy (non-hydrogen) atoms. The quantitative estimate of drug-likeness (QED) is 0.846. The van der Waals surface area contributed by atoms with Crippen molar-refractivity contribution in [1.29, 1.82) is 5.26 Å². The lowest BCUT2D eigenvalue weighted by atomic mass is 10.0. The van der Waals surface area contributed by atoms with Crippen molar-refractivity contribution in [3.63, 3.8) is 0 Å². The first-order valence-electron chi connectivity index (χ1n) is 6.07. The molecule has 1 aromatic rings. The molecule has 1 atom stereocenters. The topological polar surface area (TPSA) is 70.4 Å². The van der Waals surface area contributed by atoms with Gasteiger partial charge in [-0.1, -0.05) is 0 Å². The van der Waals surface area contributed by atoms with Gasteiger partial charge >= 0.3 is 0 Å². The second-order valence-corrected chi connectivity index (χ2v) is 6.85. The van der Waals surface area contributed by atoms with Gasteiger partial charge in [0, 0.05) is 20.1 Å². The van der Waals surface area contributed by atoms with Crippen LogP contribution in [0.5, 0.6) is 0 Å². The lowest BCUT2D eigenvalue weighted by Crippen LogP contribution is -2.49. The summed E-state index contributed by atoms with van der Waals surface area (Å²) in [4.78, 5) is -0.154. The standard InChI is InChI=1S/C13H15FN2O3S/c1-10-5-11(14)7-12(6-10)20(17,18)16(2)13(8-15)3-4-19-9-13/h5-7H,3-4,9H2,1-2H3/t13-/m0/s1. The Labute approximate surface area is 117 Å². The van der Waals surface area contributed by atoms with Crippen LogP contribution in [0.1, 0.15) is 12.0 Å². The Morgan fingerprint density at radius 3 is 2.65 bits per heavy atom. The van der Waals surface area contributed by atoms with Gasteiger partial charge in [0.2, 0.25) is 10.0 Å². The molecule has 0 spiro atoms. The van der Waals surface area contributed by atoms with E-state index in [0.29, 0.717) is 18.6 Å². The highest BCUT2D eigenvalue weighted by molar-refractivity contribution is 7.89. The highest BCUT2D eigenvalue weighted by atomic mass is 32.2. The molecule has 0 N–H and O–H groups in total. The van der Waals surface area contributed by atoms with E-state index in [1.807, 2.05) is 6.07 Å². The van der Waals surface area contributed by atoms with Crippen LogP contribution >= 0.6 is 0 Å². The number of benzene rings is 1. The lowest BCUT2D eigenvalue weighted by molar-refractivity contribution is 0.162. The van der Waals surface area contributed by atoms with Crippen LogP contribution in [0.2, 0.25) is 0 Å². The van der Waals surface area contributed by atoms with Gasteiger partial charge in [-0.3, -0.25) is 0 Å². The van der Waals surface area contributed by atoms with Gasteiger partial charge in [0.15, 0.2) is 0 Å². The summed E-state index contributed by atoms with van der Waals surface area (Å²) >= 11 is 0. The molecule has 1 fully saturated rings. The minimum absolute atomic E-state index is 0.0214. The van der Waals surface area contributed by atoms with E-state index in [1.165, 1.54) is 19.2 Å². The summed E-state index contributed by atoms with van der Waals surface area (Å²) in [6.45, 7) is 1.96. The maximum Gasteiger partial charge on any atom is 0.244 e. The molecule has 0 saturated carbocycles. The number of ether oxygens (including phenoxy) is 1. The van der Waals surface area contributed by atoms with E-state index < -0.39 is 21.4 Å². The summed E-state index contributed by atoms with van der Waals surface area (Å²) in [5, 5.41) is 9.30. The number of hydrogen-bond acceptors (Lipinski definition) is 4. The summed E-state index contributed by atoms with van der Waals surface area (Å²) in [5.74, 6) is -0.620. The number of rotatable bonds is 3. The number of halogens is 1. The smallest absolute Gasteiger partial charge is 0.244 e. The van der Waals surface area contributed by atoms with Crippen LogP contribution in [-0.2, 0) is 14.8 Å². The van der Waals surface area contributed by atoms with Crippen LogP contribution in [0.25, 0.3) is 0 Å². The van der Waals surface area contributed by atoms with Crippen molar-refractivity contribution < 1.29 is 17.5 Å². The maximum absolute atomic E-state index is 13.4. The van der Waals surface area contributed by atoms with Crippen LogP contribution in [0.3, 0.4) is 0 Å². The average Bonchev–Trinajstić information content (AvgIpc) is 2.86. The van der Waals surface area contributed by atoms with Gasteiger partial charge in [0.1, 0.15) is 11.4 Å². The van der Waals surface area contributed by atoms with Gasteiger partial charge in [0.05, 0.1) is 17.6 Å². The summed E-state index contributed by atoms with van der Waals surface area (Å²) < 4.78 is 44.6. The second-order valence-electron chi connectivity index (χ2n) is 4.88. The third kappa shape index (κ3) is 2.42.